The van der Waals surface area contributed by atoms with Crippen LogP contribution in [0.5, 0.6) is 0 Å². The van der Waals surface area contributed by atoms with E-state index in [1.807, 2.05) is 0 Å². The molecule has 2 rings (SSSR count). The SMILES string of the molecule is NCCCc1cccc(C2CCOCC2)c1. The van der Waals surface area contributed by atoms with Crippen LogP contribution >= 0.6 is 0 Å². The molecule has 0 saturated carbocycles. The maximum absolute atomic E-state index is 5.54. The van der Waals surface area contributed by atoms with Crippen LogP contribution in [-0.4, -0.2) is 19.8 Å². The minimum atomic E-state index is 0.701. The van der Waals surface area contributed by atoms with Crippen LogP contribution in [0, 0.1) is 0 Å². The molecule has 0 aliphatic carbocycles. The first-order valence-electron chi connectivity index (χ1n) is 6.27. The normalized spacial score (nSPS) is 17.6. The molecule has 2 N–H and O–H groups in total. The average Bonchev–Trinajstić information content (AvgIpc) is 2.38. The van der Waals surface area contributed by atoms with Gasteiger partial charge < -0.3 is 10.5 Å². The molecule has 0 bridgehead atoms. The smallest absolute Gasteiger partial charge is 0.0471 e. The van der Waals surface area contributed by atoms with E-state index in [1.165, 1.54) is 24.0 Å². The highest BCUT2D eigenvalue weighted by Crippen LogP contribution is 2.27. The first kappa shape index (κ1) is 11.6. The van der Waals surface area contributed by atoms with E-state index in [0.29, 0.717) is 5.92 Å². The summed E-state index contributed by atoms with van der Waals surface area (Å²) < 4.78 is 5.40. The van der Waals surface area contributed by atoms with E-state index < -0.39 is 0 Å². The largest absolute Gasteiger partial charge is 0.381 e. The topological polar surface area (TPSA) is 35.2 Å². The average molecular weight is 219 g/mol. The molecule has 1 aliphatic heterocycles. The first-order chi connectivity index (χ1) is 7.90. The molecule has 2 nitrogen and oxygen atoms in total. The van der Waals surface area contributed by atoms with Crippen LogP contribution in [0.2, 0.25) is 0 Å². The Morgan fingerprint density at radius 1 is 1.25 bits per heavy atom. The van der Waals surface area contributed by atoms with Gasteiger partial charge in [0.05, 0.1) is 0 Å². The molecule has 1 aromatic carbocycles. The molecule has 0 amide bonds. The Labute approximate surface area is 97.8 Å². The van der Waals surface area contributed by atoms with E-state index in [9.17, 15) is 0 Å². The molecule has 0 unspecified atom stereocenters. The third-order valence-electron chi connectivity index (χ3n) is 3.31. The zero-order chi connectivity index (χ0) is 11.2. The van der Waals surface area contributed by atoms with Crippen LogP contribution in [0.3, 0.4) is 0 Å². The van der Waals surface area contributed by atoms with Crippen LogP contribution in [0.25, 0.3) is 0 Å². The lowest BCUT2D eigenvalue weighted by Gasteiger charge is -2.22. The Bertz CT molecular complexity index is 318. The molecule has 88 valence electrons. The highest BCUT2D eigenvalue weighted by molar-refractivity contribution is 5.26. The van der Waals surface area contributed by atoms with E-state index in [0.717, 1.165) is 32.6 Å². The number of ether oxygens (including phenoxy) is 1. The van der Waals surface area contributed by atoms with Crippen molar-refractivity contribution in [3.63, 3.8) is 0 Å². The zero-order valence-corrected chi connectivity index (χ0v) is 9.82. The molecule has 2 heteroatoms. The van der Waals surface area contributed by atoms with Gasteiger partial charge >= 0.3 is 0 Å². The van der Waals surface area contributed by atoms with Gasteiger partial charge in [-0.15, -0.1) is 0 Å². The Balaban J connectivity index is 2.02. The van der Waals surface area contributed by atoms with Crippen LogP contribution in [0.15, 0.2) is 24.3 Å². The molecular weight excluding hydrogens is 198 g/mol. The van der Waals surface area contributed by atoms with Gasteiger partial charge in [0.2, 0.25) is 0 Å². The van der Waals surface area contributed by atoms with Crippen molar-refractivity contribution in [3.05, 3.63) is 35.4 Å². The summed E-state index contributed by atoms with van der Waals surface area (Å²) >= 11 is 0. The number of rotatable bonds is 4. The Kier molecular flexibility index (Phi) is 4.37. The van der Waals surface area contributed by atoms with Crippen molar-refractivity contribution in [2.75, 3.05) is 19.8 Å². The third-order valence-corrected chi connectivity index (χ3v) is 3.31. The van der Waals surface area contributed by atoms with Gasteiger partial charge in [-0.05, 0) is 49.3 Å². The highest BCUT2D eigenvalue weighted by atomic mass is 16.5. The van der Waals surface area contributed by atoms with E-state index in [4.69, 9.17) is 10.5 Å². The van der Waals surface area contributed by atoms with Crippen LogP contribution in [0.1, 0.15) is 36.3 Å². The summed E-state index contributed by atoms with van der Waals surface area (Å²) in [6, 6.07) is 8.99. The van der Waals surface area contributed by atoms with Crippen molar-refractivity contribution in [1.82, 2.24) is 0 Å². The summed E-state index contributed by atoms with van der Waals surface area (Å²) in [5.74, 6) is 0.701. The highest BCUT2D eigenvalue weighted by Gasteiger charge is 2.15. The maximum atomic E-state index is 5.54. The van der Waals surface area contributed by atoms with Gasteiger partial charge in [-0.3, -0.25) is 0 Å². The lowest BCUT2D eigenvalue weighted by atomic mass is 9.90. The molecule has 1 fully saturated rings. The van der Waals surface area contributed by atoms with Gasteiger partial charge in [-0.2, -0.15) is 0 Å². The molecule has 0 spiro atoms. The molecule has 1 heterocycles. The number of benzene rings is 1. The second-order valence-corrected chi connectivity index (χ2v) is 4.52. The zero-order valence-electron chi connectivity index (χ0n) is 9.82. The van der Waals surface area contributed by atoms with Crippen molar-refractivity contribution in [1.29, 1.82) is 0 Å². The molecule has 0 radical (unpaired) electrons. The molecular formula is C14H21NO. The summed E-state index contributed by atoms with van der Waals surface area (Å²) in [4.78, 5) is 0. The fraction of sp³-hybridized carbons (Fsp3) is 0.571. The van der Waals surface area contributed by atoms with E-state index in [2.05, 4.69) is 24.3 Å². The van der Waals surface area contributed by atoms with Gasteiger partial charge in [0.1, 0.15) is 0 Å². The van der Waals surface area contributed by atoms with E-state index >= 15 is 0 Å². The Hall–Kier alpha value is -0.860. The number of nitrogens with two attached hydrogens (primary N) is 1. The second-order valence-electron chi connectivity index (χ2n) is 4.52. The van der Waals surface area contributed by atoms with Crippen LogP contribution < -0.4 is 5.73 Å². The molecule has 1 aliphatic rings. The van der Waals surface area contributed by atoms with Crippen molar-refractivity contribution < 1.29 is 4.74 Å². The fourth-order valence-electron chi connectivity index (χ4n) is 2.34. The second kappa shape index (κ2) is 6.02. The van der Waals surface area contributed by atoms with Crippen LogP contribution in [0.4, 0.5) is 0 Å². The van der Waals surface area contributed by atoms with Crippen molar-refractivity contribution in [2.45, 2.75) is 31.6 Å². The van der Waals surface area contributed by atoms with Gasteiger partial charge in [0.15, 0.2) is 0 Å². The summed E-state index contributed by atoms with van der Waals surface area (Å²) in [5, 5.41) is 0. The number of aryl methyl sites for hydroxylation is 1. The lowest BCUT2D eigenvalue weighted by Crippen LogP contribution is -2.14. The maximum Gasteiger partial charge on any atom is 0.0471 e. The monoisotopic (exact) mass is 219 g/mol. The Morgan fingerprint density at radius 2 is 2.06 bits per heavy atom. The predicted molar refractivity (Wildman–Crippen MR) is 66.6 cm³/mol. The molecule has 0 atom stereocenters. The van der Waals surface area contributed by atoms with Gasteiger partial charge in [0.25, 0.3) is 0 Å². The summed E-state index contributed by atoms with van der Waals surface area (Å²) in [7, 11) is 0. The molecule has 1 aromatic rings. The predicted octanol–water partition coefficient (Wildman–Crippen LogP) is 2.47. The minimum absolute atomic E-state index is 0.701. The summed E-state index contributed by atoms with van der Waals surface area (Å²) in [5.41, 5.74) is 8.45. The van der Waals surface area contributed by atoms with Crippen molar-refractivity contribution in [2.24, 2.45) is 5.73 Å². The van der Waals surface area contributed by atoms with Gasteiger partial charge in [-0.1, -0.05) is 24.3 Å². The van der Waals surface area contributed by atoms with Crippen molar-refractivity contribution in [3.8, 4) is 0 Å². The van der Waals surface area contributed by atoms with E-state index in [-0.39, 0.29) is 0 Å². The Morgan fingerprint density at radius 3 is 2.81 bits per heavy atom. The first-order valence-corrected chi connectivity index (χ1v) is 6.27. The summed E-state index contributed by atoms with van der Waals surface area (Å²) in [6.45, 7) is 2.61. The van der Waals surface area contributed by atoms with Gasteiger partial charge in [-0.25, -0.2) is 0 Å². The lowest BCUT2D eigenvalue weighted by molar-refractivity contribution is 0.0853. The quantitative estimate of drug-likeness (QED) is 0.844. The molecule has 0 aromatic heterocycles. The third kappa shape index (κ3) is 3.06. The molecule has 16 heavy (non-hydrogen) atoms. The van der Waals surface area contributed by atoms with Gasteiger partial charge in [0, 0.05) is 13.2 Å². The fourth-order valence-corrected chi connectivity index (χ4v) is 2.34. The van der Waals surface area contributed by atoms with Crippen molar-refractivity contribution >= 4 is 0 Å². The summed E-state index contributed by atoms with van der Waals surface area (Å²) in [6.07, 6.45) is 4.52. The molecule has 1 saturated heterocycles. The number of hydrogen-bond acceptors (Lipinski definition) is 2. The minimum Gasteiger partial charge on any atom is -0.381 e. The van der Waals surface area contributed by atoms with Crippen LogP contribution in [-0.2, 0) is 11.2 Å². The number of hydrogen-bond donors (Lipinski definition) is 1. The van der Waals surface area contributed by atoms with E-state index in [1.54, 1.807) is 0 Å². The standard InChI is InChI=1S/C14H21NO/c15-8-2-4-12-3-1-5-14(11-12)13-6-9-16-10-7-13/h1,3,5,11,13H,2,4,6-10,15H2.